The van der Waals surface area contributed by atoms with Gasteiger partial charge >= 0.3 is 5.97 Å². The minimum absolute atomic E-state index is 0.0270. The number of hydrogen-bond acceptors (Lipinski definition) is 4. The molecule has 0 saturated carbocycles. The molecule has 0 unspecified atom stereocenters. The summed E-state index contributed by atoms with van der Waals surface area (Å²) in [6, 6.07) is 7.79. The van der Waals surface area contributed by atoms with Gasteiger partial charge in [-0.05, 0) is 55.7 Å². The molecular formula is C24H26O5. The van der Waals surface area contributed by atoms with Gasteiger partial charge < -0.3 is 9.52 Å². The number of carbonyl (C=O) groups excluding carboxylic acids is 1. The molecule has 1 heterocycles. The van der Waals surface area contributed by atoms with Gasteiger partial charge in [-0.15, -0.1) is 0 Å². The van der Waals surface area contributed by atoms with Crippen molar-refractivity contribution in [1.29, 1.82) is 0 Å². The average molecular weight is 394 g/mol. The fourth-order valence-corrected chi connectivity index (χ4v) is 3.67. The number of unbranched alkanes of at least 4 members (excludes halogenated alkanes) is 5. The molecule has 0 aliphatic carbocycles. The van der Waals surface area contributed by atoms with Crippen molar-refractivity contribution in [3.63, 3.8) is 0 Å². The maximum absolute atomic E-state index is 13.1. The third-order valence-electron chi connectivity index (χ3n) is 5.27. The standard InChI is InChI=1S/C24H26O5/c1-3-4-5-6-7-8-9-16-12-18(15(2)25)23-20(13-16)22(26)19-14-17(24(27)28)10-11-21(19)29-23/h10-14H,3-9H2,1-2H3,(H,27,28). The number of benzene rings is 2. The Bertz CT molecular complexity index is 1120. The van der Waals surface area contributed by atoms with Crippen molar-refractivity contribution >= 4 is 33.7 Å². The summed E-state index contributed by atoms with van der Waals surface area (Å²) in [7, 11) is 0. The summed E-state index contributed by atoms with van der Waals surface area (Å²) in [5, 5.41) is 9.75. The minimum atomic E-state index is -1.10. The van der Waals surface area contributed by atoms with Crippen molar-refractivity contribution in [2.24, 2.45) is 0 Å². The van der Waals surface area contributed by atoms with Gasteiger partial charge in [0.25, 0.3) is 0 Å². The van der Waals surface area contributed by atoms with E-state index in [1.165, 1.54) is 50.8 Å². The smallest absolute Gasteiger partial charge is 0.335 e. The van der Waals surface area contributed by atoms with E-state index < -0.39 is 5.97 Å². The third kappa shape index (κ3) is 4.56. The van der Waals surface area contributed by atoms with Crippen molar-refractivity contribution in [3.8, 4) is 0 Å². The molecule has 0 aliphatic heterocycles. The van der Waals surface area contributed by atoms with Crippen molar-refractivity contribution in [1.82, 2.24) is 0 Å². The molecule has 0 saturated heterocycles. The summed E-state index contributed by atoms with van der Waals surface area (Å²) < 4.78 is 5.87. The summed E-state index contributed by atoms with van der Waals surface area (Å²) >= 11 is 0. The number of Topliss-reactive ketones (excluding diaryl/α,β-unsaturated/α-hetero) is 1. The van der Waals surface area contributed by atoms with Crippen LogP contribution in [-0.2, 0) is 6.42 Å². The number of fused-ring (bicyclic) bond motifs is 2. The highest BCUT2D eigenvalue weighted by molar-refractivity contribution is 6.07. The lowest BCUT2D eigenvalue weighted by Crippen LogP contribution is -2.08. The molecule has 2 aromatic carbocycles. The van der Waals surface area contributed by atoms with Gasteiger partial charge in [0.1, 0.15) is 11.2 Å². The molecule has 3 rings (SSSR count). The Labute approximate surface area is 169 Å². The molecule has 29 heavy (non-hydrogen) atoms. The maximum Gasteiger partial charge on any atom is 0.335 e. The highest BCUT2D eigenvalue weighted by atomic mass is 16.4. The predicted molar refractivity (Wildman–Crippen MR) is 114 cm³/mol. The Hall–Kier alpha value is -2.95. The van der Waals surface area contributed by atoms with Crippen LogP contribution >= 0.6 is 0 Å². The maximum atomic E-state index is 13.1. The number of ketones is 1. The van der Waals surface area contributed by atoms with E-state index >= 15 is 0 Å². The molecule has 0 atom stereocenters. The fourth-order valence-electron chi connectivity index (χ4n) is 3.67. The van der Waals surface area contributed by atoms with Crippen LogP contribution in [0.3, 0.4) is 0 Å². The number of carboxylic acids is 1. The first kappa shape index (κ1) is 20.8. The van der Waals surface area contributed by atoms with Crippen LogP contribution < -0.4 is 5.43 Å². The Morgan fingerprint density at radius 3 is 2.38 bits per heavy atom. The Kier molecular flexibility index (Phi) is 6.47. The molecule has 1 N–H and O–H groups in total. The summed E-state index contributed by atoms with van der Waals surface area (Å²) in [4.78, 5) is 36.5. The Balaban J connectivity index is 2.03. The largest absolute Gasteiger partial charge is 0.478 e. The zero-order valence-electron chi connectivity index (χ0n) is 16.9. The second-order valence-electron chi connectivity index (χ2n) is 7.54. The number of carbonyl (C=O) groups is 2. The normalized spacial score (nSPS) is 11.2. The van der Waals surface area contributed by atoms with E-state index in [9.17, 15) is 19.5 Å². The van der Waals surface area contributed by atoms with Crippen LogP contribution in [0.4, 0.5) is 0 Å². The number of rotatable bonds is 9. The van der Waals surface area contributed by atoms with Crippen LogP contribution in [-0.4, -0.2) is 16.9 Å². The van der Waals surface area contributed by atoms with Crippen molar-refractivity contribution in [2.75, 3.05) is 0 Å². The minimum Gasteiger partial charge on any atom is -0.478 e. The molecule has 0 aliphatic rings. The lowest BCUT2D eigenvalue weighted by Gasteiger charge is -2.09. The van der Waals surface area contributed by atoms with Gasteiger partial charge in [-0.2, -0.15) is 0 Å². The summed E-state index contributed by atoms with van der Waals surface area (Å²) in [5.41, 5.74) is 1.59. The third-order valence-corrected chi connectivity index (χ3v) is 5.27. The summed E-state index contributed by atoms with van der Waals surface area (Å²) in [5.74, 6) is -1.27. The monoisotopic (exact) mass is 394 g/mol. The first-order valence-corrected chi connectivity index (χ1v) is 10.2. The number of aryl methyl sites for hydroxylation is 1. The lowest BCUT2D eigenvalue weighted by molar-refractivity contribution is 0.0697. The second-order valence-corrected chi connectivity index (χ2v) is 7.54. The highest BCUT2D eigenvalue weighted by Crippen LogP contribution is 2.25. The first-order valence-electron chi connectivity index (χ1n) is 10.2. The number of aromatic carboxylic acids is 1. The highest BCUT2D eigenvalue weighted by Gasteiger charge is 2.17. The molecular weight excluding hydrogens is 368 g/mol. The van der Waals surface area contributed by atoms with Crippen molar-refractivity contribution in [2.45, 2.75) is 58.8 Å². The fraction of sp³-hybridized carbons (Fsp3) is 0.375. The molecule has 152 valence electrons. The van der Waals surface area contributed by atoms with E-state index in [-0.39, 0.29) is 33.3 Å². The van der Waals surface area contributed by atoms with Crippen LogP contribution in [0.1, 0.15) is 78.7 Å². The molecule has 3 aromatic rings. The molecule has 0 fully saturated rings. The van der Waals surface area contributed by atoms with Crippen molar-refractivity contribution < 1.29 is 19.1 Å². The van der Waals surface area contributed by atoms with E-state index in [4.69, 9.17) is 4.42 Å². The average Bonchev–Trinajstić information content (AvgIpc) is 2.70. The van der Waals surface area contributed by atoms with Gasteiger partial charge in [-0.1, -0.05) is 39.0 Å². The van der Waals surface area contributed by atoms with E-state index in [1.807, 2.05) is 6.07 Å². The van der Waals surface area contributed by atoms with E-state index in [1.54, 1.807) is 6.07 Å². The topological polar surface area (TPSA) is 84.6 Å². The summed E-state index contributed by atoms with van der Waals surface area (Å²) in [6.07, 6.45) is 7.77. The zero-order valence-corrected chi connectivity index (χ0v) is 16.9. The Morgan fingerprint density at radius 1 is 0.966 bits per heavy atom. The first-order chi connectivity index (χ1) is 13.9. The molecule has 0 bridgehead atoms. The molecule has 0 radical (unpaired) electrons. The SMILES string of the molecule is CCCCCCCCc1cc(C(C)=O)c2oc3ccc(C(=O)O)cc3c(=O)c2c1. The van der Waals surface area contributed by atoms with E-state index in [0.29, 0.717) is 10.9 Å². The quantitative estimate of drug-likeness (QED) is 0.284. The van der Waals surface area contributed by atoms with E-state index in [0.717, 1.165) is 24.8 Å². The van der Waals surface area contributed by atoms with E-state index in [2.05, 4.69) is 6.92 Å². The van der Waals surface area contributed by atoms with Gasteiger partial charge in [-0.3, -0.25) is 9.59 Å². The lowest BCUT2D eigenvalue weighted by atomic mass is 9.98. The second kappa shape index (κ2) is 9.03. The Morgan fingerprint density at radius 2 is 1.69 bits per heavy atom. The number of hydrogen-bond donors (Lipinski definition) is 1. The van der Waals surface area contributed by atoms with Crippen LogP contribution in [0.2, 0.25) is 0 Å². The van der Waals surface area contributed by atoms with Gasteiger partial charge in [0.15, 0.2) is 5.78 Å². The van der Waals surface area contributed by atoms with Gasteiger partial charge in [0.2, 0.25) is 5.43 Å². The van der Waals surface area contributed by atoms with Gasteiger partial charge in [0.05, 0.1) is 21.9 Å². The molecule has 0 spiro atoms. The van der Waals surface area contributed by atoms with Crippen LogP contribution in [0, 0.1) is 0 Å². The predicted octanol–water partition coefficient (Wildman–Crippen LogP) is 5.75. The number of carboxylic acid groups (broad SMARTS) is 1. The summed E-state index contributed by atoms with van der Waals surface area (Å²) in [6.45, 7) is 3.65. The molecule has 1 aromatic heterocycles. The van der Waals surface area contributed by atoms with Crippen LogP contribution in [0.5, 0.6) is 0 Å². The van der Waals surface area contributed by atoms with Gasteiger partial charge in [0, 0.05) is 0 Å². The van der Waals surface area contributed by atoms with Crippen LogP contribution in [0.15, 0.2) is 39.5 Å². The van der Waals surface area contributed by atoms with Crippen molar-refractivity contribution in [3.05, 3.63) is 57.2 Å². The molecule has 0 amide bonds. The molecule has 5 heteroatoms. The molecule has 5 nitrogen and oxygen atoms in total. The van der Waals surface area contributed by atoms with Crippen LogP contribution in [0.25, 0.3) is 21.9 Å². The van der Waals surface area contributed by atoms with Gasteiger partial charge in [-0.25, -0.2) is 4.79 Å². The zero-order chi connectivity index (χ0) is 21.0.